The summed E-state index contributed by atoms with van der Waals surface area (Å²) < 4.78 is 23.2. The van der Waals surface area contributed by atoms with Crippen LogP contribution in [0.2, 0.25) is 0 Å². The summed E-state index contributed by atoms with van der Waals surface area (Å²) in [6, 6.07) is 0. The van der Waals surface area contributed by atoms with Crippen molar-refractivity contribution in [1.29, 1.82) is 0 Å². The summed E-state index contributed by atoms with van der Waals surface area (Å²) in [5, 5.41) is 3.27. The molecule has 0 aromatic heterocycles. The van der Waals surface area contributed by atoms with E-state index in [-0.39, 0.29) is 5.41 Å². The van der Waals surface area contributed by atoms with Crippen LogP contribution in [-0.4, -0.2) is 58.1 Å². The van der Waals surface area contributed by atoms with E-state index in [1.807, 2.05) is 7.05 Å². The van der Waals surface area contributed by atoms with Crippen LogP contribution < -0.4 is 5.32 Å². The molecule has 5 heteroatoms. The molecule has 0 amide bonds. The van der Waals surface area contributed by atoms with Crippen LogP contribution in [0.15, 0.2) is 0 Å². The first-order valence-electron chi connectivity index (χ1n) is 6.98. The van der Waals surface area contributed by atoms with Crippen LogP contribution in [0.3, 0.4) is 0 Å². The second-order valence-corrected chi connectivity index (χ2v) is 8.18. The maximum absolute atomic E-state index is 11.6. The Morgan fingerprint density at radius 2 is 2.00 bits per heavy atom. The summed E-state index contributed by atoms with van der Waals surface area (Å²) in [6.07, 6.45) is 3.13. The van der Waals surface area contributed by atoms with Gasteiger partial charge in [-0.1, -0.05) is 20.3 Å². The van der Waals surface area contributed by atoms with Crippen molar-refractivity contribution < 1.29 is 8.42 Å². The summed E-state index contributed by atoms with van der Waals surface area (Å²) in [4.78, 5) is 2.33. The third-order valence-corrected chi connectivity index (χ3v) is 5.43. The van der Waals surface area contributed by atoms with Gasteiger partial charge >= 0.3 is 0 Å². The van der Waals surface area contributed by atoms with Crippen molar-refractivity contribution in [1.82, 2.24) is 10.2 Å². The fourth-order valence-electron chi connectivity index (χ4n) is 2.94. The standard InChI is InChI=1S/C13H28N2O2S/c1-4-6-13(2,11-14-3)12-15-7-5-9-18(16,17)10-8-15/h14H,4-12H2,1-3H3. The lowest BCUT2D eigenvalue weighted by atomic mass is 9.84. The van der Waals surface area contributed by atoms with Gasteiger partial charge in [0.25, 0.3) is 0 Å². The molecule has 0 spiro atoms. The number of rotatable bonds is 6. The monoisotopic (exact) mass is 276 g/mol. The Kier molecular flexibility index (Phi) is 6.08. The molecule has 0 aromatic carbocycles. The van der Waals surface area contributed by atoms with Crippen LogP contribution in [0.5, 0.6) is 0 Å². The van der Waals surface area contributed by atoms with Crippen molar-refractivity contribution in [2.24, 2.45) is 5.41 Å². The van der Waals surface area contributed by atoms with E-state index in [1.54, 1.807) is 0 Å². The normalized spacial score (nSPS) is 24.4. The van der Waals surface area contributed by atoms with E-state index in [9.17, 15) is 8.42 Å². The van der Waals surface area contributed by atoms with Crippen molar-refractivity contribution in [2.45, 2.75) is 33.1 Å². The van der Waals surface area contributed by atoms with E-state index in [0.717, 1.165) is 26.1 Å². The third-order valence-electron chi connectivity index (χ3n) is 3.71. The first kappa shape index (κ1) is 15.9. The zero-order chi connectivity index (χ0) is 13.6. The Morgan fingerprint density at radius 1 is 1.28 bits per heavy atom. The summed E-state index contributed by atoms with van der Waals surface area (Å²) in [7, 11) is -0.803. The van der Waals surface area contributed by atoms with Gasteiger partial charge in [0.2, 0.25) is 0 Å². The van der Waals surface area contributed by atoms with Crippen molar-refractivity contribution in [3.8, 4) is 0 Å². The minimum atomic E-state index is -2.79. The van der Waals surface area contributed by atoms with Crippen molar-refractivity contribution in [3.05, 3.63) is 0 Å². The smallest absolute Gasteiger partial charge is 0.151 e. The maximum atomic E-state index is 11.6. The maximum Gasteiger partial charge on any atom is 0.151 e. The van der Waals surface area contributed by atoms with Gasteiger partial charge in [-0.05, 0) is 31.8 Å². The Hall–Kier alpha value is -0.130. The van der Waals surface area contributed by atoms with Crippen LogP contribution in [0.25, 0.3) is 0 Å². The minimum absolute atomic E-state index is 0.248. The van der Waals surface area contributed by atoms with Gasteiger partial charge < -0.3 is 10.2 Å². The predicted molar refractivity (Wildman–Crippen MR) is 76.7 cm³/mol. The molecule has 4 nitrogen and oxygen atoms in total. The van der Waals surface area contributed by atoms with Crippen molar-refractivity contribution in [2.75, 3.05) is 44.7 Å². The zero-order valence-corrected chi connectivity index (χ0v) is 12.9. The molecule has 1 rings (SSSR count). The first-order valence-corrected chi connectivity index (χ1v) is 8.80. The topological polar surface area (TPSA) is 49.4 Å². The molecule has 1 aliphatic rings. The SMILES string of the molecule is CCCC(C)(CNC)CN1CCCS(=O)(=O)CC1. The second kappa shape index (κ2) is 6.87. The van der Waals surface area contributed by atoms with E-state index < -0.39 is 9.84 Å². The van der Waals surface area contributed by atoms with Gasteiger partial charge in [-0.25, -0.2) is 8.42 Å². The van der Waals surface area contributed by atoms with Gasteiger partial charge in [0, 0.05) is 19.6 Å². The molecule has 1 aliphatic heterocycles. The molecular weight excluding hydrogens is 248 g/mol. The Morgan fingerprint density at radius 3 is 2.61 bits per heavy atom. The molecule has 1 N–H and O–H groups in total. The highest BCUT2D eigenvalue weighted by atomic mass is 32.2. The first-order chi connectivity index (χ1) is 8.41. The molecule has 1 unspecified atom stereocenters. The molecule has 0 aromatic rings. The lowest BCUT2D eigenvalue weighted by Gasteiger charge is -2.35. The van der Waals surface area contributed by atoms with Gasteiger partial charge in [0.05, 0.1) is 11.5 Å². The van der Waals surface area contributed by atoms with Crippen LogP contribution in [0.1, 0.15) is 33.1 Å². The molecule has 1 fully saturated rings. The van der Waals surface area contributed by atoms with Gasteiger partial charge in [-0.3, -0.25) is 0 Å². The van der Waals surface area contributed by atoms with Crippen LogP contribution >= 0.6 is 0 Å². The zero-order valence-electron chi connectivity index (χ0n) is 12.0. The summed E-state index contributed by atoms with van der Waals surface area (Å²) in [6.45, 7) is 8.11. The number of nitrogens with one attached hydrogen (secondary N) is 1. The molecule has 1 saturated heterocycles. The van der Waals surface area contributed by atoms with Crippen LogP contribution in [0.4, 0.5) is 0 Å². The van der Waals surface area contributed by atoms with E-state index >= 15 is 0 Å². The number of sulfone groups is 1. The molecule has 0 aliphatic carbocycles. The van der Waals surface area contributed by atoms with Crippen molar-refractivity contribution in [3.63, 3.8) is 0 Å². The fourth-order valence-corrected chi connectivity index (χ4v) is 4.25. The largest absolute Gasteiger partial charge is 0.319 e. The summed E-state index contributed by atoms with van der Waals surface area (Å²) >= 11 is 0. The van der Waals surface area contributed by atoms with Crippen LogP contribution in [-0.2, 0) is 9.84 Å². The predicted octanol–water partition coefficient (Wildman–Crippen LogP) is 1.13. The number of hydrogen-bond donors (Lipinski definition) is 1. The number of hydrogen-bond acceptors (Lipinski definition) is 4. The molecule has 0 radical (unpaired) electrons. The molecule has 0 bridgehead atoms. The molecule has 0 saturated carbocycles. The Labute approximate surface area is 112 Å². The summed E-state index contributed by atoms with van der Waals surface area (Å²) in [5.41, 5.74) is 0.248. The second-order valence-electron chi connectivity index (χ2n) is 5.87. The van der Waals surface area contributed by atoms with Gasteiger partial charge in [-0.15, -0.1) is 0 Å². The quantitative estimate of drug-likeness (QED) is 0.790. The lowest BCUT2D eigenvalue weighted by Crippen LogP contribution is -2.42. The fraction of sp³-hybridized carbons (Fsp3) is 1.00. The van der Waals surface area contributed by atoms with E-state index in [4.69, 9.17) is 0 Å². The Balaban J connectivity index is 2.58. The molecule has 18 heavy (non-hydrogen) atoms. The molecule has 1 heterocycles. The van der Waals surface area contributed by atoms with Gasteiger partial charge in [-0.2, -0.15) is 0 Å². The molecular formula is C13H28N2O2S. The Bertz CT molecular complexity index is 335. The summed E-state index contributed by atoms with van der Waals surface area (Å²) in [5.74, 6) is 0.689. The van der Waals surface area contributed by atoms with Gasteiger partial charge in [0.15, 0.2) is 9.84 Å². The molecule has 108 valence electrons. The minimum Gasteiger partial charge on any atom is -0.319 e. The highest BCUT2D eigenvalue weighted by Crippen LogP contribution is 2.24. The highest BCUT2D eigenvalue weighted by Gasteiger charge is 2.27. The third kappa shape index (κ3) is 5.24. The van der Waals surface area contributed by atoms with Gasteiger partial charge in [0.1, 0.15) is 0 Å². The van der Waals surface area contributed by atoms with E-state index in [2.05, 4.69) is 24.1 Å². The molecule has 1 atom stereocenters. The lowest BCUT2D eigenvalue weighted by molar-refractivity contribution is 0.159. The average molecular weight is 276 g/mol. The van der Waals surface area contributed by atoms with Crippen LogP contribution in [0, 0.1) is 5.41 Å². The average Bonchev–Trinajstić information content (AvgIpc) is 2.41. The van der Waals surface area contributed by atoms with E-state index in [1.165, 1.54) is 12.8 Å². The highest BCUT2D eigenvalue weighted by molar-refractivity contribution is 7.91. The number of nitrogens with zero attached hydrogens (tertiary/aromatic N) is 1. The van der Waals surface area contributed by atoms with Crippen molar-refractivity contribution >= 4 is 9.84 Å². The van der Waals surface area contributed by atoms with E-state index in [0.29, 0.717) is 18.1 Å².